The highest BCUT2D eigenvalue weighted by Crippen LogP contribution is 2.32. The van der Waals surface area contributed by atoms with Gasteiger partial charge < -0.3 is 14.4 Å². The first-order valence-corrected chi connectivity index (χ1v) is 13.9. The van der Waals surface area contributed by atoms with Gasteiger partial charge in [-0.25, -0.2) is 8.42 Å². The van der Waals surface area contributed by atoms with Crippen LogP contribution in [0.5, 0.6) is 11.5 Å². The molecule has 1 aliphatic heterocycles. The highest BCUT2D eigenvalue weighted by atomic mass is 32.2. The number of rotatable bonds is 8. The number of ether oxygens (including phenoxy) is 2. The molecular formula is C28H30N4O4S. The van der Waals surface area contributed by atoms with Gasteiger partial charge in [0.25, 0.3) is 0 Å². The summed E-state index contributed by atoms with van der Waals surface area (Å²) in [5.74, 6) is 1.63. The normalized spacial score (nSPS) is 14.6. The average Bonchev–Trinajstić information content (AvgIpc) is 2.93. The molecule has 1 aromatic heterocycles. The zero-order chi connectivity index (χ0) is 25.8. The van der Waals surface area contributed by atoms with Crippen molar-refractivity contribution in [2.75, 3.05) is 44.3 Å². The van der Waals surface area contributed by atoms with Gasteiger partial charge in [0.15, 0.2) is 5.82 Å². The van der Waals surface area contributed by atoms with Gasteiger partial charge >= 0.3 is 0 Å². The van der Waals surface area contributed by atoms with Gasteiger partial charge in [0, 0.05) is 37.8 Å². The molecule has 1 saturated heterocycles. The molecule has 3 aromatic carbocycles. The van der Waals surface area contributed by atoms with E-state index in [2.05, 4.69) is 39.4 Å². The van der Waals surface area contributed by atoms with Crippen molar-refractivity contribution in [2.45, 2.75) is 18.7 Å². The molecule has 8 nitrogen and oxygen atoms in total. The van der Waals surface area contributed by atoms with Crippen LogP contribution in [0.2, 0.25) is 0 Å². The molecule has 192 valence electrons. The van der Waals surface area contributed by atoms with Crippen LogP contribution in [0, 0.1) is 0 Å². The van der Waals surface area contributed by atoms with Crippen LogP contribution in [0.25, 0.3) is 22.0 Å². The number of fused-ring (bicyclic) bond motifs is 1. The van der Waals surface area contributed by atoms with E-state index >= 15 is 0 Å². The smallest absolute Gasteiger partial charge is 0.246 e. The van der Waals surface area contributed by atoms with E-state index in [1.807, 2.05) is 44.2 Å². The maximum absolute atomic E-state index is 13.4. The lowest BCUT2D eigenvalue weighted by atomic mass is 10.1. The van der Waals surface area contributed by atoms with Gasteiger partial charge in [-0.1, -0.05) is 36.4 Å². The lowest BCUT2D eigenvalue weighted by Crippen LogP contribution is -2.49. The summed E-state index contributed by atoms with van der Waals surface area (Å²) >= 11 is 0. The molecule has 0 bridgehead atoms. The number of hydrogen-bond acceptors (Lipinski definition) is 7. The number of benzene rings is 3. The molecule has 1 fully saturated rings. The van der Waals surface area contributed by atoms with Crippen molar-refractivity contribution in [1.29, 1.82) is 0 Å². The molecule has 0 aliphatic carbocycles. The minimum atomic E-state index is -3.72. The molecule has 0 saturated carbocycles. The third-order valence-corrected chi connectivity index (χ3v) is 8.34. The predicted molar refractivity (Wildman–Crippen MR) is 145 cm³/mol. The Kier molecular flexibility index (Phi) is 7.25. The second-order valence-electron chi connectivity index (χ2n) is 8.70. The van der Waals surface area contributed by atoms with Gasteiger partial charge in [-0.3, -0.25) is 0 Å². The number of sulfonamides is 1. The topological polar surface area (TPSA) is 84.9 Å². The molecule has 4 aromatic rings. The van der Waals surface area contributed by atoms with Crippen molar-refractivity contribution in [3.8, 4) is 22.8 Å². The highest BCUT2D eigenvalue weighted by molar-refractivity contribution is 7.89. The summed E-state index contributed by atoms with van der Waals surface area (Å²) < 4.78 is 39.6. The van der Waals surface area contributed by atoms with Crippen molar-refractivity contribution in [1.82, 2.24) is 14.5 Å². The number of aromatic nitrogens is 2. The van der Waals surface area contributed by atoms with E-state index in [0.29, 0.717) is 50.9 Å². The van der Waals surface area contributed by atoms with Gasteiger partial charge in [0.1, 0.15) is 16.4 Å². The van der Waals surface area contributed by atoms with E-state index in [-0.39, 0.29) is 4.90 Å². The Balaban J connectivity index is 1.28. The summed E-state index contributed by atoms with van der Waals surface area (Å²) in [5.41, 5.74) is 1.81. The molecular weight excluding hydrogens is 488 g/mol. The lowest BCUT2D eigenvalue weighted by Gasteiger charge is -2.34. The molecule has 0 atom stereocenters. The Morgan fingerprint density at radius 3 is 2.24 bits per heavy atom. The average molecular weight is 519 g/mol. The number of anilines is 1. The van der Waals surface area contributed by atoms with Crippen LogP contribution < -0.4 is 14.4 Å². The standard InChI is InChI=1S/C28H30N4O4S/c1-3-35-24-11-13-27(26(20-24)36-4-2)37(33,34)32-17-15-31(16-18-32)28-14-12-25(29-30-28)23-10-9-21-7-5-6-8-22(21)19-23/h5-14,19-20H,3-4,15-18H2,1-2H3. The molecule has 0 amide bonds. The minimum absolute atomic E-state index is 0.158. The van der Waals surface area contributed by atoms with Crippen molar-refractivity contribution in [2.24, 2.45) is 0 Å². The Labute approximate surface area is 217 Å². The van der Waals surface area contributed by atoms with Crippen LogP contribution in [0.1, 0.15) is 13.8 Å². The van der Waals surface area contributed by atoms with E-state index < -0.39 is 10.0 Å². The first kappa shape index (κ1) is 25.0. The monoisotopic (exact) mass is 518 g/mol. The summed E-state index contributed by atoms with van der Waals surface area (Å²) in [6.07, 6.45) is 0. The van der Waals surface area contributed by atoms with E-state index in [0.717, 1.165) is 22.5 Å². The first-order valence-electron chi connectivity index (χ1n) is 12.5. The van der Waals surface area contributed by atoms with Gasteiger partial charge in [0.2, 0.25) is 10.0 Å². The second-order valence-corrected chi connectivity index (χ2v) is 10.6. The lowest BCUT2D eigenvalue weighted by molar-refractivity contribution is 0.314. The van der Waals surface area contributed by atoms with Crippen molar-refractivity contribution in [3.63, 3.8) is 0 Å². The summed E-state index contributed by atoms with van der Waals surface area (Å²) in [6.45, 7) is 6.28. The fourth-order valence-electron chi connectivity index (χ4n) is 4.52. The van der Waals surface area contributed by atoms with Gasteiger partial charge in [-0.2, -0.15) is 4.31 Å². The first-order chi connectivity index (χ1) is 18.0. The van der Waals surface area contributed by atoms with Gasteiger partial charge in [0.05, 0.1) is 18.9 Å². The van der Waals surface area contributed by atoms with Crippen LogP contribution in [0.3, 0.4) is 0 Å². The van der Waals surface area contributed by atoms with Crippen molar-refractivity contribution < 1.29 is 17.9 Å². The van der Waals surface area contributed by atoms with Crippen LogP contribution >= 0.6 is 0 Å². The Hall–Kier alpha value is -3.69. The molecule has 5 rings (SSSR count). The Morgan fingerprint density at radius 1 is 0.784 bits per heavy atom. The summed E-state index contributed by atoms with van der Waals surface area (Å²) in [4.78, 5) is 2.22. The minimum Gasteiger partial charge on any atom is -0.494 e. The summed E-state index contributed by atoms with van der Waals surface area (Å²) in [5, 5.41) is 11.2. The summed E-state index contributed by atoms with van der Waals surface area (Å²) in [7, 11) is -3.72. The fourth-order valence-corrected chi connectivity index (χ4v) is 6.05. The van der Waals surface area contributed by atoms with Crippen LogP contribution in [0.15, 0.2) is 77.7 Å². The van der Waals surface area contributed by atoms with Crippen molar-refractivity contribution in [3.05, 3.63) is 72.8 Å². The fraction of sp³-hybridized carbons (Fsp3) is 0.286. The maximum Gasteiger partial charge on any atom is 0.246 e. The molecule has 0 unspecified atom stereocenters. The molecule has 0 spiro atoms. The van der Waals surface area contributed by atoms with Gasteiger partial charge in [-0.05, 0) is 55.0 Å². The maximum atomic E-state index is 13.4. The van der Waals surface area contributed by atoms with Crippen LogP contribution in [-0.2, 0) is 10.0 Å². The highest BCUT2D eigenvalue weighted by Gasteiger charge is 2.31. The van der Waals surface area contributed by atoms with E-state index in [1.54, 1.807) is 18.2 Å². The third-order valence-electron chi connectivity index (χ3n) is 6.40. The zero-order valence-electron chi connectivity index (χ0n) is 21.0. The Morgan fingerprint density at radius 2 is 1.54 bits per heavy atom. The largest absolute Gasteiger partial charge is 0.494 e. The second kappa shape index (κ2) is 10.7. The molecule has 9 heteroatoms. The van der Waals surface area contributed by atoms with Crippen molar-refractivity contribution >= 4 is 26.6 Å². The summed E-state index contributed by atoms with van der Waals surface area (Å²) in [6, 6.07) is 23.2. The molecule has 1 aliphatic rings. The van der Waals surface area contributed by atoms with Crippen LogP contribution in [-0.4, -0.2) is 62.3 Å². The molecule has 2 heterocycles. The van der Waals surface area contributed by atoms with E-state index in [1.165, 1.54) is 9.69 Å². The van der Waals surface area contributed by atoms with Gasteiger partial charge in [-0.15, -0.1) is 10.2 Å². The third kappa shape index (κ3) is 5.23. The number of nitrogens with zero attached hydrogens (tertiary/aromatic N) is 4. The predicted octanol–water partition coefficient (Wildman–Crippen LogP) is 4.61. The molecule has 0 N–H and O–H groups in total. The molecule has 37 heavy (non-hydrogen) atoms. The Bertz CT molecular complexity index is 1480. The number of piperazine rings is 1. The van der Waals surface area contributed by atoms with E-state index in [9.17, 15) is 8.42 Å². The quantitative estimate of drug-likeness (QED) is 0.337. The SMILES string of the molecule is CCOc1ccc(S(=O)(=O)N2CCN(c3ccc(-c4ccc5ccccc5c4)nn3)CC2)c(OCC)c1. The van der Waals surface area contributed by atoms with Crippen LogP contribution in [0.4, 0.5) is 5.82 Å². The number of hydrogen-bond donors (Lipinski definition) is 0. The zero-order valence-corrected chi connectivity index (χ0v) is 21.8. The molecule has 0 radical (unpaired) electrons. The van der Waals surface area contributed by atoms with E-state index in [4.69, 9.17) is 9.47 Å².